The Morgan fingerprint density at radius 3 is 2.68 bits per heavy atom. The Bertz CT molecular complexity index is 512. The highest BCUT2D eigenvalue weighted by Gasteiger charge is 2.12. The fraction of sp³-hybridized carbons (Fsp3) is 0.714. The average molecular weight is 265 g/mol. The summed E-state index contributed by atoms with van der Waals surface area (Å²) in [5.41, 5.74) is -0.416. The average Bonchev–Trinajstić information content (AvgIpc) is 2.44. The molecule has 0 unspecified atom stereocenters. The van der Waals surface area contributed by atoms with Crippen LogP contribution in [0.5, 0.6) is 0 Å². The van der Waals surface area contributed by atoms with Gasteiger partial charge in [-0.25, -0.2) is 4.79 Å². The molecule has 1 fully saturated rings. The maximum absolute atomic E-state index is 12.0. The smallest absolute Gasteiger partial charge is 0.312 e. The lowest BCUT2D eigenvalue weighted by Gasteiger charge is -2.22. The van der Waals surface area contributed by atoms with Crippen molar-refractivity contribution in [2.45, 2.75) is 58.2 Å². The minimum Gasteiger partial charge on any atom is -0.312 e. The number of aryl methyl sites for hydroxylation is 1. The highest BCUT2D eigenvalue weighted by atomic mass is 16.2. The first kappa shape index (κ1) is 14.1. The number of aromatic nitrogens is 2. The van der Waals surface area contributed by atoms with Gasteiger partial charge in [0, 0.05) is 37.9 Å². The Morgan fingerprint density at radius 2 is 2.00 bits per heavy atom. The molecule has 0 spiro atoms. The Kier molecular flexibility index (Phi) is 4.96. The normalized spacial score (nSPS) is 16.7. The molecule has 0 aliphatic heterocycles. The molecule has 0 aromatic carbocycles. The van der Waals surface area contributed by atoms with Crippen molar-refractivity contribution in [3.63, 3.8) is 0 Å². The van der Waals surface area contributed by atoms with E-state index < -0.39 is 0 Å². The molecule has 1 N–H and O–H groups in total. The molecular weight excluding hydrogens is 242 g/mol. The van der Waals surface area contributed by atoms with Gasteiger partial charge < -0.3 is 9.88 Å². The highest BCUT2D eigenvalue weighted by molar-refractivity contribution is 4.86. The number of hydrogen-bond acceptors (Lipinski definition) is 3. The van der Waals surface area contributed by atoms with Gasteiger partial charge in [0.2, 0.25) is 0 Å². The van der Waals surface area contributed by atoms with Gasteiger partial charge in [0.15, 0.2) is 0 Å². The van der Waals surface area contributed by atoms with Gasteiger partial charge in [0.1, 0.15) is 0 Å². The molecule has 1 aliphatic carbocycles. The molecule has 0 saturated heterocycles. The molecule has 5 nitrogen and oxygen atoms in total. The summed E-state index contributed by atoms with van der Waals surface area (Å²) in [7, 11) is 0. The van der Waals surface area contributed by atoms with E-state index in [0.717, 1.165) is 0 Å². The van der Waals surface area contributed by atoms with Crippen molar-refractivity contribution in [1.82, 2.24) is 14.5 Å². The van der Waals surface area contributed by atoms with Gasteiger partial charge in [-0.3, -0.25) is 9.36 Å². The lowest BCUT2D eigenvalue weighted by Crippen LogP contribution is -2.42. The molecule has 5 heteroatoms. The third-order valence-corrected chi connectivity index (χ3v) is 3.85. The van der Waals surface area contributed by atoms with Crippen LogP contribution in [-0.2, 0) is 13.1 Å². The van der Waals surface area contributed by atoms with Gasteiger partial charge in [-0.1, -0.05) is 19.3 Å². The first-order valence-electron chi connectivity index (χ1n) is 7.26. The van der Waals surface area contributed by atoms with E-state index in [-0.39, 0.29) is 11.2 Å². The van der Waals surface area contributed by atoms with Crippen molar-refractivity contribution in [2.24, 2.45) is 0 Å². The summed E-state index contributed by atoms with van der Waals surface area (Å²) >= 11 is 0. The molecule has 0 amide bonds. The molecule has 0 radical (unpaired) electrons. The van der Waals surface area contributed by atoms with Crippen LogP contribution in [-0.4, -0.2) is 21.7 Å². The van der Waals surface area contributed by atoms with Crippen LogP contribution in [0.1, 0.15) is 39.0 Å². The van der Waals surface area contributed by atoms with E-state index >= 15 is 0 Å². The zero-order valence-electron chi connectivity index (χ0n) is 11.6. The van der Waals surface area contributed by atoms with Crippen LogP contribution in [0.4, 0.5) is 0 Å². The summed E-state index contributed by atoms with van der Waals surface area (Å²) in [6.45, 7) is 3.63. The molecule has 0 bridgehead atoms. The summed E-state index contributed by atoms with van der Waals surface area (Å²) < 4.78 is 2.88. The molecule has 1 aromatic rings. The van der Waals surface area contributed by atoms with Crippen LogP contribution in [0.3, 0.4) is 0 Å². The van der Waals surface area contributed by atoms with Gasteiger partial charge >= 0.3 is 5.69 Å². The quantitative estimate of drug-likeness (QED) is 0.862. The van der Waals surface area contributed by atoms with Crippen molar-refractivity contribution in [1.29, 1.82) is 0 Å². The number of nitrogens with one attached hydrogen (secondary N) is 1. The fourth-order valence-electron chi connectivity index (χ4n) is 2.69. The van der Waals surface area contributed by atoms with Gasteiger partial charge in [-0.15, -0.1) is 0 Å². The maximum atomic E-state index is 12.0. The monoisotopic (exact) mass is 265 g/mol. The predicted molar refractivity (Wildman–Crippen MR) is 75.5 cm³/mol. The van der Waals surface area contributed by atoms with Crippen molar-refractivity contribution in [2.75, 3.05) is 6.54 Å². The molecule has 19 heavy (non-hydrogen) atoms. The third kappa shape index (κ3) is 3.56. The first-order valence-corrected chi connectivity index (χ1v) is 7.26. The lowest BCUT2D eigenvalue weighted by atomic mass is 9.95. The Hall–Kier alpha value is -1.36. The fourth-order valence-corrected chi connectivity index (χ4v) is 2.69. The van der Waals surface area contributed by atoms with Crippen LogP contribution in [0, 0.1) is 0 Å². The molecular formula is C14H23N3O2. The second-order valence-corrected chi connectivity index (χ2v) is 5.16. The van der Waals surface area contributed by atoms with Gasteiger partial charge in [0.05, 0.1) is 0 Å². The van der Waals surface area contributed by atoms with E-state index in [9.17, 15) is 9.59 Å². The summed E-state index contributed by atoms with van der Waals surface area (Å²) in [5, 5.41) is 3.45. The van der Waals surface area contributed by atoms with E-state index in [2.05, 4.69) is 5.32 Å². The Balaban J connectivity index is 1.95. The zero-order valence-corrected chi connectivity index (χ0v) is 11.6. The van der Waals surface area contributed by atoms with Gasteiger partial charge in [0.25, 0.3) is 5.56 Å². The van der Waals surface area contributed by atoms with E-state index in [1.54, 1.807) is 10.8 Å². The lowest BCUT2D eigenvalue weighted by molar-refractivity contribution is 0.364. The minimum absolute atomic E-state index is 0.208. The molecule has 1 heterocycles. The minimum atomic E-state index is -0.208. The first-order chi connectivity index (χ1) is 9.22. The second-order valence-electron chi connectivity index (χ2n) is 5.16. The summed E-state index contributed by atoms with van der Waals surface area (Å²) in [6, 6.07) is 2.02. The maximum Gasteiger partial charge on any atom is 0.330 e. The molecule has 1 aliphatic rings. The molecule has 106 valence electrons. The van der Waals surface area contributed by atoms with Crippen molar-refractivity contribution in [3.05, 3.63) is 33.1 Å². The van der Waals surface area contributed by atoms with Crippen molar-refractivity contribution in [3.8, 4) is 0 Å². The number of rotatable bonds is 5. The van der Waals surface area contributed by atoms with Crippen LogP contribution in [0.15, 0.2) is 21.9 Å². The second kappa shape index (κ2) is 6.70. The highest BCUT2D eigenvalue weighted by Crippen LogP contribution is 2.16. The largest absolute Gasteiger partial charge is 0.330 e. The van der Waals surface area contributed by atoms with Crippen LogP contribution >= 0.6 is 0 Å². The topological polar surface area (TPSA) is 56.0 Å². The van der Waals surface area contributed by atoms with Gasteiger partial charge in [-0.2, -0.15) is 0 Å². The van der Waals surface area contributed by atoms with E-state index in [1.165, 1.54) is 42.7 Å². The SMILES string of the molecule is CCn1ccc(=O)n(CCNC2CCCCC2)c1=O. The van der Waals surface area contributed by atoms with Crippen LogP contribution < -0.4 is 16.6 Å². The number of nitrogens with zero attached hydrogens (tertiary/aromatic N) is 2. The van der Waals surface area contributed by atoms with Crippen molar-refractivity contribution >= 4 is 0 Å². The molecule has 1 aromatic heterocycles. The van der Waals surface area contributed by atoms with E-state index in [0.29, 0.717) is 25.7 Å². The number of hydrogen-bond donors (Lipinski definition) is 1. The zero-order chi connectivity index (χ0) is 13.7. The van der Waals surface area contributed by atoms with Crippen molar-refractivity contribution < 1.29 is 0 Å². The predicted octanol–water partition coefficient (Wildman–Crippen LogP) is 0.952. The van der Waals surface area contributed by atoms with E-state index in [1.807, 2.05) is 6.92 Å². The molecule has 2 rings (SSSR count). The Labute approximate surface area is 113 Å². The Morgan fingerprint density at radius 1 is 1.26 bits per heavy atom. The van der Waals surface area contributed by atoms with Gasteiger partial charge in [-0.05, 0) is 19.8 Å². The van der Waals surface area contributed by atoms with Crippen LogP contribution in [0.2, 0.25) is 0 Å². The summed E-state index contributed by atoms with van der Waals surface area (Å²) in [6.07, 6.45) is 7.89. The summed E-state index contributed by atoms with van der Waals surface area (Å²) in [4.78, 5) is 23.7. The summed E-state index contributed by atoms with van der Waals surface area (Å²) in [5.74, 6) is 0. The third-order valence-electron chi connectivity index (χ3n) is 3.85. The standard InChI is InChI=1S/C14H23N3O2/c1-2-16-10-8-13(18)17(14(16)19)11-9-15-12-6-4-3-5-7-12/h8,10,12,15H,2-7,9,11H2,1H3. The molecule has 1 saturated carbocycles. The van der Waals surface area contributed by atoms with Crippen LogP contribution in [0.25, 0.3) is 0 Å². The van der Waals surface area contributed by atoms with E-state index in [4.69, 9.17) is 0 Å². The molecule has 0 atom stereocenters.